The summed E-state index contributed by atoms with van der Waals surface area (Å²) in [5, 5.41) is 10.8. The van der Waals surface area contributed by atoms with Gasteiger partial charge in [-0.25, -0.2) is 4.98 Å². The van der Waals surface area contributed by atoms with Crippen LogP contribution in [-0.2, 0) is 13.1 Å². The molecule has 1 amide bonds. The molecular weight excluding hydrogens is 270 g/mol. The van der Waals surface area contributed by atoms with Crippen LogP contribution in [0.5, 0.6) is 0 Å². The molecule has 0 saturated carbocycles. The van der Waals surface area contributed by atoms with Crippen molar-refractivity contribution < 1.29 is 4.79 Å². The van der Waals surface area contributed by atoms with Gasteiger partial charge in [0.15, 0.2) is 5.82 Å². The van der Waals surface area contributed by atoms with Crippen LogP contribution in [0.25, 0.3) is 0 Å². The smallest absolute Gasteiger partial charge is 0.289 e. The highest BCUT2D eigenvalue weighted by molar-refractivity contribution is 5.91. The van der Waals surface area contributed by atoms with E-state index < -0.39 is 0 Å². The maximum absolute atomic E-state index is 11.7. The summed E-state index contributed by atoms with van der Waals surface area (Å²) in [5.41, 5.74) is 1.73. The van der Waals surface area contributed by atoms with E-state index in [2.05, 4.69) is 25.5 Å². The second kappa shape index (κ2) is 5.12. The molecule has 1 aliphatic rings. The molecule has 2 aromatic rings. The van der Waals surface area contributed by atoms with Crippen LogP contribution < -0.4 is 10.2 Å². The number of rotatable bonds is 3. The third-order valence-corrected chi connectivity index (χ3v) is 3.44. The zero-order valence-electron chi connectivity index (χ0n) is 12.3. The number of nitrogens with zero attached hydrogens (tertiary/aromatic N) is 6. The van der Waals surface area contributed by atoms with Gasteiger partial charge in [0.25, 0.3) is 5.91 Å². The molecule has 0 aromatic carbocycles. The Morgan fingerprint density at radius 2 is 2.19 bits per heavy atom. The Morgan fingerprint density at radius 3 is 3.00 bits per heavy atom. The van der Waals surface area contributed by atoms with Crippen LogP contribution in [0.1, 0.15) is 27.8 Å². The van der Waals surface area contributed by atoms with Gasteiger partial charge in [-0.15, -0.1) is 10.2 Å². The number of hydrogen-bond acceptors (Lipinski definition) is 6. The number of carbonyl (C=O) groups is 1. The van der Waals surface area contributed by atoms with Crippen molar-refractivity contribution in [2.24, 2.45) is 0 Å². The molecular formula is C13H17N7O. The Balaban J connectivity index is 1.87. The molecule has 0 radical (unpaired) electrons. The summed E-state index contributed by atoms with van der Waals surface area (Å²) < 4.78 is 1.86. The van der Waals surface area contributed by atoms with E-state index in [1.165, 1.54) is 0 Å². The third-order valence-electron chi connectivity index (χ3n) is 3.44. The maximum atomic E-state index is 11.7. The lowest BCUT2D eigenvalue weighted by atomic mass is 10.3. The molecule has 2 aromatic heterocycles. The molecule has 0 atom stereocenters. The van der Waals surface area contributed by atoms with Crippen LogP contribution >= 0.6 is 0 Å². The Hall–Kier alpha value is -2.51. The average Bonchev–Trinajstić information content (AvgIpc) is 2.86. The average molecular weight is 287 g/mol. The normalized spacial score (nSPS) is 13.8. The van der Waals surface area contributed by atoms with E-state index >= 15 is 0 Å². The molecule has 0 saturated heterocycles. The van der Waals surface area contributed by atoms with Crippen molar-refractivity contribution in [3.05, 3.63) is 29.2 Å². The van der Waals surface area contributed by atoms with E-state index in [1.54, 1.807) is 6.20 Å². The fraction of sp³-hybridized carbons (Fsp3) is 0.462. The van der Waals surface area contributed by atoms with Gasteiger partial charge in [-0.3, -0.25) is 9.78 Å². The Kier molecular flexibility index (Phi) is 3.28. The lowest BCUT2D eigenvalue weighted by molar-refractivity contribution is 0.0921. The maximum Gasteiger partial charge on any atom is 0.289 e. The molecule has 21 heavy (non-hydrogen) atoms. The first-order chi connectivity index (χ1) is 10.1. The van der Waals surface area contributed by atoms with Gasteiger partial charge < -0.3 is 14.8 Å². The van der Waals surface area contributed by atoms with E-state index in [0.29, 0.717) is 25.5 Å². The first kappa shape index (κ1) is 13.5. The monoisotopic (exact) mass is 287 g/mol. The first-order valence-corrected chi connectivity index (χ1v) is 6.78. The van der Waals surface area contributed by atoms with Crippen molar-refractivity contribution in [2.45, 2.75) is 26.9 Å². The molecule has 1 N–H and O–H groups in total. The van der Waals surface area contributed by atoms with E-state index in [0.717, 1.165) is 23.0 Å². The lowest BCUT2D eigenvalue weighted by Gasteiger charge is -2.21. The molecule has 0 fully saturated rings. The van der Waals surface area contributed by atoms with Gasteiger partial charge in [0.2, 0.25) is 5.82 Å². The molecule has 3 rings (SSSR count). The van der Waals surface area contributed by atoms with Crippen LogP contribution in [-0.4, -0.2) is 44.2 Å². The van der Waals surface area contributed by atoms with E-state index in [9.17, 15) is 4.79 Å². The first-order valence-electron chi connectivity index (χ1n) is 6.78. The van der Waals surface area contributed by atoms with Crippen LogP contribution in [0.2, 0.25) is 0 Å². The minimum Gasteiger partial charge on any atom is -0.351 e. The standard InChI is InChI=1S/C13H17N7O/c1-8-6-15-9(2)11(16-8)19(3)7-10-17-18-12-13(21)14-4-5-20(10)12/h6H,4-5,7H2,1-3H3,(H,14,21). The number of aryl methyl sites for hydroxylation is 2. The molecule has 110 valence electrons. The van der Waals surface area contributed by atoms with Gasteiger partial charge in [-0.1, -0.05) is 0 Å². The summed E-state index contributed by atoms with van der Waals surface area (Å²) in [6.07, 6.45) is 1.75. The molecule has 8 nitrogen and oxygen atoms in total. The van der Waals surface area contributed by atoms with Gasteiger partial charge in [0.05, 0.1) is 17.9 Å². The van der Waals surface area contributed by atoms with Crippen molar-refractivity contribution >= 4 is 11.7 Å². The molecule has 0 bridgehead atoms. The SMILES string of the molecule is Cc1cnc(C)c(N(C)Cc2nnc3n2CCNC3=O)n1. The summed E-state index contributed by atoms with van der Waals surface area (Å²) in [4.78, 5) is 22.5. The Labute approximate surface area is 122 Å². The molecule has 0 aliphatic carbocycles. The largest absolute Gasteiger partial charge is 0.351 e. The van der Waals surface area contributed by atoms with Crippen LogP contribution in [0.4, 0.5) is 5.82 Å². The van der Waals surface area contributed by atoms with Crippen molar-refractivity contribution in [1.29, 1.82) is 0 Å². The second-order valence-corrected chi connectivity index (χ2v) is 5.12. The molecule has 8 heteroatoms. The summed E-state index contributed by atoms with van der Waals surface area (Å²) in [6, 6.07) is 0. The Bertz CT molecular complexity index is 694. The molecule has 1 aliphatic heterocycles. The van der Waals surface area contributed by atoms with Gasteiger partial charge >= 0.3 is 0 Å². The predicted molar refractivity (Wildman–Crippen MR) is 76.0 cm³/mol. The van der Waals surface area contributed by atoms with Gasteiger partial charge in [0, 0.05) is 26.3 Å². The van der Waals surface area contributed by atoms with E-state index in [1.807, 2.05) is 30.4 Å². The highest BCUT2D eigenvalue weighted by Gasteiger charge is 2.23. The van der Waals surface area contributed by atoms with Gasteiger partial charge in [-0.2, -0.15) is 0 Å². The number of fused-ring (bicyclic) bond motifs is 1. The zero-order valence-corrected chi connectivity index (χ0v) is 12.3. The zero-order chi connectivity index (χ0) is 15.0. The van der Waals surface area contributed by atoms with Gasteiger partial charge in [0.1, 0.15) is 5.82 Å². The number of aromatic nitrogens is 5. The van der Waals surface area contributed by atoms with Crippen molar-refractivity contribution in [3.63, 3.8) is 0 Å². The van der Waals surface area contributed by atoms with E-state index in [-0.39, 0.29) is 5.91 Å². The molecule has 3 heterocycles. The molecule has 0 unspecified atom stereocenters. The number of amides is 1. The van der Waals surface area contributed by atoms with Crippen molar-refractivity contribution in [2.75, 3.05) is 18.5 Å². The summed E-state index contributed by atoms with van der Waals surface area (Å²) in [5.74, 6) is 1.77. The van der Waals surface area contributed by atoms with Crippen LogP contribution in [0.3, 0.4) is 0 Å². The Morgan fingerprint density at radius 1 is 1.38 bits per heavy atom. The van der Waals surface area contributed by atoms with Crippen LogP contribution in [0.15, 0.2) is 6.20 Å². The summed E-state index contributed by atoms with van der Waals surface area (Å²) >= 11 is 0. The summed E-state index contributed by atoms with van der Waals surface area (Å²) in [7, 11) is 1.93. The number of hydrogen-bond donors (Lipinski definition) is 1. The lowest BCUT2D eigenvalue weighted by Crippen LogP contribution is -2.36. The fourth-order valence-electron chi connectivity index (χ4n) is 2.39. The minimum atomic E-state index is -0.172. The minimum absolute atomic E-state index is 0.172. The summed E-state index contributed by atoms with van der Waals surface area (Å²) in [6.45, 7) is 5.65. The topological polar surface area (TPSA) is 88.8 Å². The number of nitrogens with one attached hydrogen (secondary N) is 1. The predicted octanol–water partition coefficient (Wildman–Crippen LogP) is 0.0647. The van der Waals surface area contributed by atoms with Gasteiger partial charge in [-0.05, 0) is 13.8 Å². The van der Waals surface area contributed by atoms with E-state index in [4.69, 9.17) is 0 Å². The van der Waals surface area contributed by atoms with Crippen LogP contribution in [0, 0.1) is 13.8 Å². The highest BCUT2D eigenvalue weighted by Crippen LogP contribution is 2.16. The molecule has 0 spiro atoms. The van der Waals surface area contributed by atoms with Crippen molar-refractivity contribution in [3.8, 4) is 0 Å². The highest BCUT2D eigenvalue weighted by atomic mass is 16.2. The third kappa shape index (κ3) is 2.44. The van der Waals surface area contributed by atoms with Crippen molar-refractivity contribution in [1.82, 2.24) is 30.0 Å². The number of anilines is 1. The number of carbonyl (C=O) groups excluding carboxylic acids is 1. The quantitative estimate of drug-likeness (QED) is 0.859. The fourth-order valence-corrected chi connectivity index (χ4v) is 2.39. The second-order valence-electron chi connectivity index (χ2n) is 5.12.